The molecule has 0 saturated carbocycles. The van der Waals surface area contributed by atoms with E-state index in [1.165, 1.54) is 19.3 Å². The molecule has 30 heavy (non-hydrogen) atoms. The Morgan fingerprint density at radius 1 is 0.933 bits per heavy atom. The molecule has 0 aliphatic carbocycles. The number of nitrogens with zero attached hydrogens (tertiary/aromatic N) is 4. The van der Waals surface area contributed by atoms with E-state index in [2.05, 4.69) is 15.1 Å². The number of hydrogen-bond donors (Lipinski definition) is 0. The standard InChI is InChI=1S/C17H12F6N4O2S/c1-2-30(28,29)13-5-12(16(18,19)20)8-25-15(13)27-9-11(7-26-27)10-3-4-14(24-6-10)17(21,22)23/h3-9H,2H2,1H3. The summed E-state index contributed by atoms with van der Waals surface area (Å²) in [5.41, 5.74) is -1.84. The van der Waals surface area contributed by atoms with Gasteiger partial charge in [-0.05, 0) is 12.1 Å². The summed E-state index contributed by atoms with van der Waals surface area (Å²) in [7, 11) is -4.10. The maximum Gasteiger partial charge on any atom is 0.433 e. The topological polar surface area (TPSA) is 77.7 Å². The van der Waals surface area contributed by atoms with Crippen molar-refractivity contribution >= 4 is 9.84 Å². The van der Waals surface area contributed by atoms with Gasteiger partial charge in [-0.1, -0.05) is 13.0 Å². The maximum absolute atomic E-state index is 13.0. The lowest BCUT2D eigenvalue weighted by molar-refractivity contribution is -0.141. The number of sulfone groups is 1. The Kier molecular flexibility index (Phi) is 5.35. The van der Waals surface area contributed by atoms with Crippen LogP contribution in [-0.2, 0) is 22.2 Å². The van der Waals surface area contributed by atoms with Crippen LogP contribution in [0.15, 0.2) is 47.9 Å². The van der Waals surface area contributed by atoms with Crippen molar-refractivity contribution < 1.29 is 34.8 Å². The molecule has 3 heterocycles. The molecule has 0 bridgehead atoms. The predicted octanol–water partition coefficient (Wildman–Crippen LogP) is 4.16. The SMILES string of the molecule is CCS(=O)(=O)c1cc(C(F)(F)F)cnc1-n1cc(-c2ccc(C(F)(F)F)nc2)cn1. The minimum absolute atomic E-state index is 0.237. The predicted molar refractivity (Wildman–Crippen MR) is 92.3 cm³/mol. The zero-order valence-corrected chi connectivity index (χ0v) is 15.8. The summed E-state index contributed by atoms with van der Waals surface area (Å²) in [6.45, 7) is 1.27. The quantitative estimate of drug-likeness (QED) is 0.558. The van der Waals surface area contributed by atoms with E-state index in [-0.39, 0.29) is 16.9 Å². The van der Waals surface area contributed by atoms with Crippen molar-refractivity contribution in [3.8, 4) is 16.9 Å². The Morgan fingerprint density at radius 3 is 2.17 bits per heavy atom. The first-order valence-corrected chi connectivity index (χ1v) is 9.87. The van der Waals surface area contributed by atoms with Crippen LogP contribution in [0.5, 0.6) is 0 Å². The van der Waals surface area contributed by atoms with Crippen molar-refractivity contribution in [1.29, 1.82) is 0 Å². The average Bonchev–Trinajstić information content (AvgIpc) is 3.16. The summed E-state index contributed by atoms with van der Waals surface area (Å²) in [4.78, 5) is 6.27. The van der Waals surface area contributed by atoms with E-state index in [9.17, 15) is 34.8 Å². The van der Waals surface area contributed by atoms with Gasteiger partial charge in [-0.25, -0.2) is 18.1 Å². The zero-order valence-electron chi connectivity index (χ0n) is 15.0. The van der Waals surface area contributed by atoms with E-state index in [1.54, 1.807) is 0 Å². The fraction of sp³-hybridized carbons (Fsp3) is 0.235. The van der Waals surface area contributed by atoms with Crippen molar-refractivity contribution in [2.24, 2.45) is 0 Å². The lowest BCUT2D eigenvalue weighted by Gasteiger charge is -2.12. The summed E-state index contributed by atoms with van der Waals surface area (Å²) in [6.07, 6.45) is -5.55. The Hall–Kier alpha value is -2.96. The molecule has 0 aliphatic heterocycles. The van der Waals surface area contributed by atoms with E-state index < -0.39 is 44.1 Å². The maximum atomic E-state index is 13.0. The second-order valence-corrected chi connectivity index (χ2v) is 8.30. The molecule has 0 amide bonds. The van der Waals surface area contributed by atoms with Crippen LogP contribution in [0.3, 0.4) is 0 Å². The minimum Gasteiger partial charge on any atom is -0.251 e. The Morgan fingerprint density at radius 2 is 1.63 bits per heavy atom. The summed E-state index contributed by atoms with van der Waals surface area (Å²) in [6, 6.07) is 2.37. The molecule has 0 saturated heterocycles. The fourth-order valence-corrected chi connectivity index (χ4v) is 3.51. The lowest BCUT2D eigenvalue weighted by Crippen LogP contribution is -2.14. The van der Waals surface area contributed by atoms with Crippen LogP contribution >= 0.6 is 0 Å². The van der Waals surface area contributed by atoms with Gasteiger partial charge in [0.15, 0.2) is 15.7 Å². The van der Waals surface area contributed by atoms with Gasteiger partial charge in [0.25, 0.3) is 0 Å². The molecule has 0 N–H and O–H groups in total. The largest absolute Gasteiger partial charge is 0.433 e. The highest BCUT2D eigenvalue weighted by atomic mass is 32.2. The Bertz CT molecular complexity index is 1170. The number of pyridine rings is 2. The van der Waals surface area contributed by atoms with Crippen molar-refractivity contribution in [2.45, 2.75) is 24.2 Å². The molecule has 0 radical (unpaired) electrons. The van der Waals surface area contributed by atoms with E-state index in [0.717, 1.165) is 23.0 Å². The second kappa shape index (κ2) is 7.38. The molecular formula is C17H12F6N4O2S. The van der Waals surface area contributed by atoms with Crippen LogP contribution in [0.2, 0.25) is 0 Å². The molecule has 3 aromatic heterocycles. The van der Waals surface area contributed by atoms with Gasteiger partial charge in [0.05, 0.1) is 17.5 Å². The molecule has 6 nitrogen and oxygen atoms in total. The van der Waals surface area contributed by atoms with Gasteiger partial charge in [0.2, 0.25) is 0 Å². The number of hydrogen-bond acceptors (Lipinski definition) is 5. The lowest BCUT2D eigenvalue weighted by atomic mass is 10.1. The third kappa shape index (κ3) is 4.30. The first kappa shape index (κ1) is 21.7. The van der Waals surface area contributed by atoms with Crippen molar-refractivity contribution in [3.05, 3.63) is 54.2 Å². The van der Waals surface area contributed by atoms with Crippen LogP contribution in [0, 0.1) is 0 Å². The highest BCUT2D eigenvalue weighted by molar-refractivity contribution is 7.91. The normalized spacial score (nSPS) is 12.9. The molecule has 160 valence electrons. The molecule has 0 fully saturated rings. The molecule has 0 aromatic carbocycles. The first-order chi connectivity index (χ1) is 13.8. The molecule has 0 spiro atoms. The molecule has 0 unspecified atom stereocenters. The first-order valence-electron chi connectivity index (χ1n) is 8.21. The minimum atomic E-state index is -4.80. The molecule has 3 aromatic rings. The summed E-state index contributed by atoms with van der Waals surface area (Å²) in [5, 5.41) is 3.89. The zero-order chi connectivity index (χ0) is 22.3. The highest BCUT2D eigenvalue weighted by Gasteiger charge is 2.34. The van der Waals surface area contributed by atoms with E-state index in [1.807, 2.05) is 0 Å². The molecule has 0 atom stereocenters. The monoisotopic (exact) mass is 450 g/mol. The van der Waals surface area contributed by atoms with Crippen LogP contribution in [0.1, 0.15) is 18.2 Å². The average molecular weight is 450 g/mol. The van der Waals surface area contributed by atoms with Crippen LogP contribution in [-0.4, -0.2) is 33.9 Å². The van der Waals surface area contributed by atoms with E-state index in [4.69, 9.17) is 0 Å². The van der Waals surface area contributed by atoms with Crippen molar-refractivity contribution in [2.75, 3.05) is 5.75 Å². The van der Waals surface area contributed by atoms with Crippen LogP contribution < -0.4 is 0 Å². The Balaban J connectivity index is 2.06. The number of halogens is 6. The van der Waals surface area contributed by atoms with Gasteiger partial charge in [-0.2, -0.15) is 31.4 Å². The summed E-state index contributed by atoms with van der Waals surface area (Å²) in [5.74, 6) is -0.837. The number of alkyl halides is 6. The third-order valence-electron chi connectivity index (χ3n) is 4.06. The van der Waals surface area contributed by atoms with Crippen LogP contribution in [0.4, 0.5) is 26.3 Å². The Labute approximate surface area is 166 Å². The molecular weight excluding hydrogens is 438 g/mol. The molecule has 13 heteroatoms. The second-order valence-electron chi connectivity index (χ2n) is 6.05. The van der Waals surface area contributed by atoms with Gasteiger partial charge < -0.3 is 0 Å². The fourth-order valence-electron chi connectivity index (χ4n) is 2.47. The highest BCUT2D eigenvalue weighted by Crippen LogP contribution is 2.33. The van der Waals surface area contributed by atoms with Crippen molar-refractivity contribution in [1.82, 2.24) is 19.7 Å². The van der Waals surface area contributed by atoms with Gasteiger partial charge in [-0.15, -0.1) is 0 Å². The summed E-state index contributed by atoms with van der Waals surface area (Å²) >= 11 is 0. The number of rotatable bonds is 4. The molecule has 3 rings (SSSR count). The summed E-state index contributed by atoms with van der Waals surface area (Å²) < 4.78 is 102. The van der Waals surface area contributed by atoms with Crippen LogP contribution in [0.25, 0.3) is 16.9 Å². The number of aromatic nitrogens is 4. The van der Waals surface area contributed by atoms with Gasteiger partial charge >= 0.3 is 12.4 Å². The van der Waals surface area contributed by atoms with E-state index >= 15 is 0 Å². The van der Waals surface area contributed by atoms with Gasteiger partial charge in [0.1, 0.15) is 10.6 Å². The van der Waals surface area contributed by atoms with E-state index in [0.29, 0.717) is 12.3 Å². The molecule has 0 aliphatic rings. The van der Waals surface area contributed by atoms with Gasteiger partial charge in [-0.3, -0.25) is 4.98 Å². The van der Waals surface area contributed by atoms with Crippen molar-refractivity contribution in [3.63, 3.8) is 0 Å². The smallest absolute Gasteiger partial charge is 0.251 e. The third-order valence-corrected chi connectivity index (χ3v) is 5.79. The van der Waals surface area contributed by atoms with Gasteiger partial charge in [0, 0.05) is 29.7 Å².